The van der Waals surface area contributed by atoms with Crippen LogP contribution in [0.2, 0.25) is 0 Å². The summed E-state index contributed by atoms with van der Waals surface area (Å²) < 4.78 is 13.5. The molecule has 0 amide bonds. The maximum atomic E-state index is 13.5. The molecule has 0 radical (unpaired) electrons. The molecule has 1 atom stereocenters. The molecule has 1 nitrogen and oxygen atoms in total. The summed E-state index contributed by atoms with van der Waals surface area (Å²) in [7, 11) is 0. The van der Waals surface area contributed by atoms with Crippen molar-refractivity contribution in [3.63, 3.8) is 0 Å². The molecule has 1 N–H and O–H groups in total. The molecule has 0 saturated carbocycles. The lowest BCUT2D eigenvalue weighted by Gasteiger charge is -2.37. The summed E-state index contributed by atoms with van der Waals surface area (Å²) in [6.07, 6.45) is 1.30. The Balaban J connectivity index is 4.33. The van der Waals surface area contributed by atoms with Gasteiger partial charge in [0.25, 0.3) is 0 Å². The van der Waals surface area contributed by atoms with Gasteiger partial charge in [-0.1, -0.05) is 13.8 Å². The van der Waals surface area contributed by atoms with Gasteiger partial charge in [-0.05, 0) is 26.7 Å². The first-order valence-corrected chi connectivity index (χ1v) is 4.17. The lowest BCUT2D eigenvalue weighted by molar-refractivity contribution is 0.0127. The van der Waals surface area contributed by atoms with Crippen LogP contribution in [0.25, 0.3) is 0 Å². The highest BCUT2D eigenvalue weighted by Gasteiger charge is 2.39. The van der Waals surface area contributed by atoms with Gasteiger partial charge in [0, 0.05) is 12.0 Å². The predicted molar refractivity (Wildman–Crippen MR) is 45.3 cm³/mol. The number of rotatable bonds is 4. The molecule has 0 fully saturated rings. The number of halogens is 1. The van der Waals surface area contributed by atoms with E-state index < -0.39 is 5.67 Å². The Bertz CT molecular complexity index is 117. The van der Waals surface area contributed by atoms with Crippen molar-refractivity contribution < 1.29 is 9.50 Å². The minimum atomic E-state index is -1.20. The average Bonchev–Trinajstić information content (AvgIpc) is 1.86. The van der Waals surface area contributed by atoms with E-state index in [-0.39, 0.29) is 12.0 Å². The molecule has 0 spiro atoms. The molecule has 0 aromatic carbocycles. The van der Waals surface area contributed by atoms with E-state index in [0.717, 1.165) is 6.42 Å². The van der Waals surface area contributed by atoms with Crippen LogP contribution in [0.4, 0.5) is 4.39 Å². The van der Waals surface area contributed by atoms with Crippen molar-refractivity contribution in [1.29, 1.82) is 0 Å². The molecule has 0 aromatic heterocycles. The highest BCUT2D eigenvalue weighted by Crippen LogP contribution is 2.40. The van der Waals surface area contributed by atoms with Crippen molar-refractivity contribution in [2.45, 2.75) is 46.2 Å². The third kappa shape index (κ3) is 2.44. The van der Waals surface area contributed by atoms with Crippen LogP contribution in [0.15, 0.2) is 0 Å². The third-order valence-corrected chi connectivity index (χ3v) is 2.88. The summed E-state index contributed by atoms with van der Waals surface area (Å²) >= 11 is 0. The Hall–Kier alpha value is -0.110. The van der Waals surface area contributed by atoms with E-state index in [2.05, 4.69) is 0 Å². The van der Waals surface area contributed by atoms with Crippen LogP contribution < -0.4 is 0 Å². The summed E-state index contributed by atoms with van der Waals surface area (Å²) in [4.78, 5) is 0. The molecular formula is C9H19FO. The largest absolute Gasteiger partial charge is 0.396 e. The SMILES string of the molecule is CCC(C)(CCO)C(C)(C)F. The van der Waals surface area contributed by atoms with Gasteiger partial charge in [-0.15, -0.1) is 0 Å². The van der Waals surface area contributed by atoms with E-state index >= 15 is 0 Å². The molecule has 0 aromatic rings. The van der Waals surface area contributed by atoms with Gasteiger partial charge in [0.2, 0.25) is 0 Å². The number of alkyl halides is 1. The quantitative estimate of drug-likeness (QED) is 0.673. The lowest BCUT2D eigenvalue weighted by Crippen LogP contribution is -2.37. The van der Waals surface area contributed by atoms with E-state index in [1.165, 1.54) is 0 Å². The zero-order valence-electron chi connectivity index (χ0n) is 7.95. The molecule has 0 aliphatic rings. The predicted octanol–water partition coefficient (Wildman–Crippen LogP) is 2.53. The Morgan fingerprint density at radius 1 is 1.27 bits per heavy atom. The van der Waals surface area contributed by atoms with Gasteiger partial charge in [-0.3, -0.25) is 0 Å². The van der Waals surface area contributed by atoms with E-state index in [4.69, 9.17) is 5.11 Å². The second kappa shape index (κ2) is 3.53. The van der Waals surface area contributed by atoms with E-state index in [0.29, 0.717) is 6.42 Å². The average molecular weight is 162 g/mol. The van der Waals surface area contributed by atoms with Crippen LogP contribution in [0, 0.1) is 5.41 Å². The van der Waals surface area contributed by atoms with E-state index in [1.807, 2.05) is 13.8 Å². The molecule has 11 heavy (non-hydrogen) atoms. The first-order chi connectivity index (χ1) is 4.87. The molecule has 0 rings (SSSR count). The summed E-state index contributed by atoms with van der Waals surface area (Å²) in [5.74, 6) is 0. The van der Waals surface area contributed by atoms with Crippen LogP contribution in [-0.2, 0) is 0 Å². The van der Waals surface area contributed by atoms with Crippen molar-refractivity contribution in [1.82, 2.24) is 0 Å². The molecule has 0 saturated heterocycles. The maximum Gasteiger partial charge on any atom is 0.110 e. The minimum Gasteiger partial charge on any atom is -0.396 e. The van der Waals surface area contributed by atoms with Gasteiger partial charge < -0.3 is 5.11 Å². The molecule has 68 valence electrons. The van der Waals surface area contributed by atoms with Crippen LogP contribution in [-0.4, -0.2) is 17.4 Å². The molecule has 1 unspecified atom stereocenters. The highest BCUT2D eigenvalue weighted by molar-refractivity contribution is 4.88. The molecule has 0 aliphatic heterocycles. The minimum absolute atomic E-state index is 0.0672. The highest BCUT2D eigenvalue weighted by atomic mass is 19.1. The zero-order chi connectivity index (χ0) is 9.12. The fourth-order valence-corrected chi connectivity index (χ4v) is 1.14. The molecule has 0 aliphatic carbocycles. The Morgan fingerprint density at radius 3 is 1.82 bits per heavy atom. The zero-order valence-corrected chi connectivity index (χ0v) is 7.95. The van der Waals surface area contributed by atoms with Crippen molar-refractivity contribution in [3.05, 3.63) is 0 Å². The van der Waals surface area contributed by atoms with Crippen molar-refractivity contribution in [2.24, 2.45) is 5.41 Å². The second-order valence-electron chi connectivity index (χ2n) is 3.86. The summed E-state index contributed by atoms with van der Waals surface area (Å²) in [5.41, 5.74) is -1.59. The fraction of sp³-hybridized carbons (Fsp3) is 1.00. The fourth-order valence-electron chi connectivity index (χ4n) is 1.14. The van der Waals surface area contributed by atoms with Crippen LogP contribution in [0.5, 0.6) is 0 Å². The first kappa shape index (κ1) is 10.9. The number of hydrogen-bond acceptors (Lipinski definition) is 1. The molecular weight excluding hydrogens is 143 g/mol. The van der Waals surface area contributed by atoms with Crippen molar-refractivity contribution in [2.75, 3.05) is 6.61 Å². The topological polar surface area (TPSA) is 20.2 Å². The Labute approximate surface area is 68.6 Å². The smallest absolute Gasteiger partial charge is 0.110 e. The third-order valence-electron chi connectivity index (χ3n) is 2.88. The standard InChI is InChI=1S/C9H19FO/c1-5-9(4,6-7-11)8(2,3)10/h11H,5-7H2,1-4H3. The lowest BCUT2D eigenvalue weighted by atomic mass is 9.72. The summed E-state index contributed by atoms with van der Waals surface area (Å²) in [6, 6.07) is 0. The van der Waals surface area contributed by atoms with Crippen LogP contribution in [0.1, 0.15) is 40.5 Å². The van der Waals surface area contributed by atoms with Gasteiger partial charge in [0.1, 0.15) is 5.67 Å². The second-order valence-corrected chi connectivity index (χ2v) is 3.86. The van der Waals surface area contributed by atoms with Crippen LogP contribution in [0.3, 0.4) is 0 Å². The monoisotopic (exact) mass is 162 g/mol. The first-order valence-electron chi connectivity index (χ1n) is 4.17. The molecule has 2 heteroatoms. The van der Waals surface area contributed by atoms with E-state index in [1.54, 1.807) is 13.8 Å². The Morgan fingerprint density at radius 2 is 1.73 bits per heavy atom. The van der Waals surface area contributed by atoms with Gasteiger partial charge in [-0.25, -0.2) is 4.39 Å². The van der Waals surface area contributed by atoms with Crippen LogP contribution >= 0.6 is 0 Å². The molecule has 0 bridgehead atoms. The van der Waals surface area contributed by atoms with Gasteiger partial charge >= 0.3 is 0 Å². The van der Waals surface area contributed by atoms with Gasteiger partial charge in [0.05, 0.1) is 0 Å². The summed E-state index contributed by atoms with van der Waals surface area (Å²) in [6.45, 7) is 7.05. The Kier molecular flexibility index (Phi) is 3.49. The number of aliphatic hydroxyl groups excluding tert-OH is 1. The molecule has 0 heterocycles. The maximum absolute atomic E-state index is 13.5. The number of aliphatic hydroxyl groups is 1. The normalized spacial score (nSPS) is 18.0. The van der Waals surface area contributed by atoms with E-state index in [9.17, 15) is 4.39 Å². The summed E-state index contributed by atoms with van der Waals surface area (Å²) in [5, 5.41) is 8.73. The van der Waals surface area contributed by atoms with Crippen molar-refractivity contribution >= 4 is 0 Å². The van der Waals surface area contributed by atoms with Crippen molar-refractivity contribution in [3.8, 4) is 0 Å². The van der Waals surface area contributed by atoms with Gasteiger partial charge in [-0.2, -0.15) is 0 Å². The van der Waals surface area contributed by atoms with Gasteiger partial charge in [0.15, 0.2) is 0 Å². The number of hydrogen-bond donors (Lipinski definition) is 1.